The van der Waals surface area contributed by atoms with Gasteiger partial charge < -0.3 is 10.4 Å². The first kappa shape index (κ1) is 15.4. The molecule has 1 rings (SSSR count). The molecule has 0 saturated carbocycles. The minimum absolute atomic E-state index is 0.0107. The third kappa shape index (κ3) is 4.52. The van der Waals surface area contributed by atoms with E-state index in [1.54, 1.807) is 6.08 Å². The molecule has 0 atom stereocenters. The molecule has 0 radical (unpaired) electrons. The monoisotopic (exact) mass is 281 g/mol. The van der Waals surface area contributed by atoms with E-state index < -0.39 is 5.97 Å². The van der Waals surface area contributed by atoms with Crippen LogP contribution >= 0.6 is 11.3 Å². The van der Waals surface area contributed by atoms with Gasteiger partial charge in [0, 0.05) is 16.4 Å². The number of amides is 1. The van der Waals surface area contributed by atoms with Crippen LogP contribution in [0, 0.1) is 5.41 Å². The molecule has 1 aromatic heterocycles. The molecule has 0 aliphatic heterocycles. The lowest BCUT2D eigenvalue weighted by Crippen LogP contribution is -2.35. The van der Waals surface area contributed by atoms with Gasteiger partial charge in [0.2, 0.25) is 5.91 Å². The molecule has 0 aliphatic rings. The predicted molar refractivity (Wildman–Crippen MR) is 76.9 cm³/mol. The maximum atomic E-state index is 11.9. The van der Waals surface area contributed by atoms with Crippen molar-refractivity contribution in [3.05, 3.63) is 28.0 Å². The van der Waals surface area contributed by atoms with Gasteiger partial charge in [-0.1, -0.05) is 20.8 Å². The number of hydrogen-bond acceptors (Lipinski definition) is 3. The second-order valence-corrected chi connectivity index (χ2v) is 5.89. The number of carboxylic acids is 1. The lowest BCUT2D eigenvalue weighted by Gasteiger charge is -2.21. The lowest BCUT2D eigenvalue weighted by molar-refractivity contribution is -0.131. The Morgan fingerprint density at radius 1 is 1.47 bits per heavy atom. The highest BCUT2D eigenvalue weighted by atomic mass is 32.1. The van der Waals surface area contributed by atoms with E-state index in [1.165, 1.54) is 11.3 Å². The van der Waals surface area contributed by atoms with E-state index >= 15 is 0 Å². The van der Waals surface area contributed by atoms with Gasteiger partial charge in [-0.25, -0.2) is 4.79 Å². The molecular formula is C14H19NO3S. The smallest absolute Gasteiger partial charge is 0.328 e. The van der Waals surface area contributed by atoms with Gasteiger partial charge in [-0.05, 0) is 29.5 Å². The minimum atomic E-state index is -0.978. The highest BCUT2D eigenvalue weighted by Gasteiger charge is 2.24. The fourth-order valence-electron chi connectivity index (χ4n) is 1.36. The summed E-state index contributed by atoms with van der Waals surface area (Å²) in [6, 6.07) is 1.84. The van der Waals surface area contributed by atoms with Gasteiger partial charge in [0.1, 0.15) is 0 Å². The van der Waals surface area contributed by atoms with Crippen LogP contribution in [0.15, 0.2) is 17.5 Å². The van der Waals surface area contributed by atoms with E-state index in [4.69, 9.17) is 5.11 Å². The first-order valence-electron chi connectivity index (χ1n) is 6.12. The van der Waals surface area contributed by atoms with Crippen LogP contribution in [0.1, 0.15) is 37.6 Å². The Labute approximate surface area is 117 Å². The fourth-order valence-corrected chi connectivity index (χ4v) is 2.17. The zero-order valence-corrected chi connectivity index (χ0v) is 12.2. The first-order valence-corrected chi connectivity index (χ1v) is 7.00. The first-order chi connectivity index (χ1) is 8.86. The molecule has 2 N–H and O–H groups in total. The summed E-state index contributed by atoms with van der Waals surface area (Å²) in [5.41, 5.74) is 0.455. The van der Waals surface area contributed by atoms with Gasteiger partial charge in [0.15, 0.2) is 0 Å². The van der Waals surface area contributed by atoms with Crippen LogP contribution in [-0.2, 0) is 16.1 Å². The molecule has 0 fully saturated rings. The SMILES string of the molecule is CCC(C)(C)C(=O)NCc1sccc1C=CC(=O)O. The quantitative estimate of drug-likeness (QED) is 0.788. The number of hydrogen-bond donors (Lipinski definition) is 2. The Hall–Kier alpha value is -1.62. The van der Waals surface area contributed by atoms with Crippen molar-refractivity contribution in [1.82, 2.24) is 5.32 Å². The molecule has 0 unspecified atom stereocenters. The van der Waals surface area contributed by atoms with Crippen LogP contribution in [0.25, 0.3) is 6.08 Å². The van der Waals surface area contributed by atoms with Gasteiger partial charge in [-0.3, -0.25) is 4.79 Å². The normalized spacial score (nSPS) is 11.7. The summed E-state index contributed by atoms with van der Waals surface area (Å²) < 4.78 is 0. The van der Waals surface area contributed by atoms with Crippen LogP contribution in [0.3, 0.4) is 0 Å². The van der Waals surface area contributed by atoms with Gasteiger partial charge in [0.05, 0.1) is 6.54 Å². The van der Waals surface area contributed by atoms with Crippen molar-refractivity contribution in [1.29, 1.82) is 0 Å². The maximum absolute atomic E-state index is 11.9. The Bertz CT molecular complexity index is 489. The van der Waals surface area contributed by atoms with E-state index in [2.05, 4.69) is 5.32 Å². The molecule has 0 saturated heterocycles. The summed E-state index contributed by atoms with van der Waals surface area (Å²) >= 11 is 1.50. The summed E-state index contributed by atoms with van der Waals surface area (Å²) in [6.45, 7) is 6.22. The zero-order chi connectivity index (χ0) is 14.5. The van der Waals surface area contributed by atoms with Crippen LogP contribution in [0.4, 0.5) is 0 Å². The standard InChI is InChI=1S/C14H19NO3S/c1-4-14(2,3)13(18)15-9-11-10(7-8-19-11)5-6-12(16)17/h5-8H,4,9H2,1-3H3,(H,15,18)(H,16,17). The van der Waals surface area contributed by atoms with Crippen molar-refractivity contribution < 1.29 is 14.7 Å². The highest BCUT2D eigenvalue weighted by Crippen LogP contribution is 2.21. The van der Waals surface area contributed by atoms with E-state index in [-0.39, 0.29) is 11.3 Å². The Balaban J connectivity index is 2.67. The third-order valence-corrected chi connectivity index (χ3v) is 4.03. The average Bonchev–Trinajstić information content (AvgIpc) is 2.80. The number of rotatable bonds is 6. The summed E-state index contributed by atoms with van der Waals surface area (Å²) in [5, 5.41) is 13.4. The summed E-state index contributed by atoms with van der Waals surface area (Å²) in [7, 11) is 0. The molecule has 19 heavy (non-hydrogen) atoms. The zero-order valence-electron chi connectivity index (χ0n) is 11.4. The predicted octanol–water partition coefficient (Wildman–Crippen LogP) is 2.90. The van der Waals surface area contributed by atoms with E-state index in [0.717, 1.165) is 22.9 Å². The molecule has 1 amide bonds. The Morgan fingerprint density at radius 3 is 2.74 bits per heavy atom. The maximum Gasteiger partial charge on any atom is 0.328 e. The topological polar surface area (TPSA) is 66.4 Å². The van der Waals surface area contributed by atoms with Crippen molar-refractivity contribution in [2.24, 2.45) is 5.41 Å². The number of carbonyl (C=O) groups excluding carboxylic acids is 1. The van der Waals surface area contributed by atoms with Crippen molar-refractivity contribution >= 4 is 29.3 Å². The summed E-state index contributed by atoms with van der Waals surface area (Å²) in [5.74, 6) is -0.968. The van der Waals surface area contributed by atoms with Gasteiger partial charge in [-0.2, -0.15) is 0 Å². The number of carbonyl (C=O) groups is 2. The second-order valence-electron chi connectivity index (χ2n) is 4.89. The molecule has 0 aliphatic carbocycles. The van der Waals surface area contributed by atoms with Gasteiger partial charge in [0.25, 0.3) is 0 Å². The van der Waals surface area contributed by atoms with E-state index in [1.807, 2.05) is 32.2 Å². The highest BCUT2D eigenvalue weighted by molar-refractivity contribution is 7.10. The van der Waals surface area contributed by atoms with Crippen molar-refractivity contribution in [3.63, 3.8) is 0 Å². The van der Waals surface area contributed by atoms with Crippen LogP contribution in [0.2, 0.25) is 0 Å². The lowest BCUT2D eigenvalue weighted by atomic mass is 9.89. The number of thiophene rings is 1. The van der Waals surface area contributed by atoms with E-state index in [0.29, 0.717) is 6.54 Å². The number of nitrogens with one attached hydrogen (secondary N) is 1. The Morgan fingerprint density at radius 2 is 2.16 bits per heavy atom. The van der Waals surface area contributed by atoms with Crippen LogP contribution in [0.5, 0.6) is 0 Å². The van der Waals surface area contributed by atoms with Crippen molar-refractivity contribution in [2.45, 2.75) is 33.7 Å². The molecule has 1 aromatic rings. The molecule has 0 spiro atoms. The van der Waals surface area contributed by atoms with Crippen LogP contribution < -0.4 is 5.32 Å². The summed E-state index contributed by atoms with van der Waals surface area (Å²) in [4.78, 5) is 23.4. The largest absolute Gasteiger partial charge is 0.478 e. The van der Waals surface area contributed by atoms with Gasteiger partial charge >= 0.3 is 5.97 Å². The van der Waals surface area contributed by atoms with Crippen molar-refractivity contribution in [3.8, 4) is 0 Å². The van der Waals surface area contributed by atoms with Crippen molar-refractivity contribution in [2.75, 3.05) is 0 Å². The molecule has 4 nitrogen and oxygen atoms in total. The minimum Gasteiger partial charge on any atom is -0.478 e. The summed E-state index contributed by atoms with van der Waals surface area (Å²) in [6.07, 6.45) is 3.42. The molecular weight excluding hydrogens is 262 g/mol. The molecule has 104 valence electrons. The molecule has 1 heterocycles. The molecule has 0 bridgehead atoms. The third-order valence-electron chi connectivity index (χ3n) is 3.09. The molecule has 5 heteroatoms. The fraction of sp³-hybridized carbons (Fsp3) is 0.429. The van der Waals surface area contributed by atoms with Crippen LogP contribution in [-0.4, -0.2) is 17.0 Å². The van der Waals surface area contributed by atoms with Gasteiger partial charge in [-0.15, -0.1) is 11.3 Å². The Kier molecular flexibility index (Phi) is 5.30. The second kappa shape index (κ2) is 6.52. The molecule has 0 aromatic carbocycles. The number of carboxylic acid groups (broad SMARTS) is 1. The number of aliphatic carboxylic acids is 1. The van der Waals surface area contributed by atoms with E-state index in [9.17, 15) is 9.59 Å². The average molecular weight is 281 g/mol.